The Balaban J connectivity index is 0.998. The Morgan fingerprint density at radius 2 is 0.709 bits per heavy atom. The van der Waals surface area contributed by atoms with Crippen molar-refractivity contribution in [3.63, 3.8) is 0 Å². The van der Waals surface area contributed by atoms with Crippen molar-refractivity contribution < 1.29 is 0 Å². The molecule has 0 aliphatic carbocycles. The van der Waals surface area contributed by atoms with Gasteiger partial charge in [-0.1, -0.05) is 190 Å². The van der Waals surface area contributed by atoms with Crippen LogP contribution in [0.1, 0.15) is 25.0 Å². The van der Waals surface area contributed by atoms with Crippen LogP contribution in [0.2, 0.25) is 0 Å². The Bertz CT molecular complexity index is 2760. The van der Waals surface area contributed by atoms with Gasteiger partial charge in [0.15, 0.2) is 0 Å². The standard InChI is InChI=1S/C54H41N/c1-54(2,48-25-7-4-8-26-48)49-31-29-38(30-32-49)40-17-11-18-41(33-40)42-19-12-20-43(34-42)44-21-13-22-45(35-44)46-23-14-24-47(36-46)53-37-51(39-15-5-3-6-16-39)50-27-9-10-28-52(50)55-53/h3-37H,1-2H3. The lowest BCUT2D eigenvalue weighted by atomic mass is 9.78. The highest BCUT2D eigenvalue weighted by atomic mass is 14.7. The van der Waals surface area contributed by atoms with E-state index in [1.807, 2.05) is 0 Å². The first kappa shape index (κ1) is 34.0. The molecule has 1 aromatic heterocycles. The molecule has 0 radical (unpaired) electrons. The maximum atomic E-state index is 5.12. The molecule has 0 saturated heterocycles. The summed E-state index contributed by atoms with van der Waals surface area (Å²) in [5, 5.41) is 1.16. The summed E-state index contributed by atoms with van der Waals surface area (Å²) in [4.78, 5) is 5.12. The van der Waals surface area contributed by atoms with Gasteiger partial charge < -0.3 is 0 Å². The normalized spacial score (nSPS) is 11.5. The summed E-state index contributed by atoms with van der Waals surface area (Å²) in [6.45, 7) is 4.59. The van der Waals surface area contributed by atoms with Gasteiger partial charge in [0.25, 0.3) is 0 Å². The van der Waals surface area contributed by atoms with E-state index in [-0.39, 0.29) is 5.41 Å². The molecule has 0 aliphatic rings. The SMILES string of the molecule is CC(C)(c1ccccc1)c1ccc(-c2cccc(-c3cccc(-c4cccc(-c5cccc(-c6cc(-c7ccccc7)c7ccccc7n6)c5)c4)c3)c2)cc1. The minimum atomic E-state index is -0.0663. The molecule has 9 aromatic rings. The molecule has 0 N–H and O–H groups in total. The monoisotopic (exact) mass is 703 g/mol. The molecule has 262 valence electrons. The summed E-state index contributed by atoms with van der Waals surface area (Å²) in [6, 6.07) is 76.5. The predicted octanol–water partition coefficient (Wildman–Crippen LogP) is 14.6. The number of pyridine rings is 1. The highest BCUT2D eigenvalue weighted by Crippen LogP contribution is 2.37. The van der Waals surface area contributed by atoms with E-state index in [1.54, 1.807) is 0 Å². The Kier molecular flexibility index (Phi) is 8.98. The fourth-order valence-corrected chi connectivity index (χ4v) is 7.77. The van der Waals surface area contributed by atoms with E-state index < -0.39 is 0 Å². The maximum absolute atomic E-state index is 5.12. The van der Waals surface area contributed by atoms with Crippen LogP contribution in [-0.2, 0) is 5.41 Å². The fraction of sp³-hybridized carbons (Fsp3) is 0.0556. The molecule has 0 saturated carbocycles. The Hall–Kier alpha value is -6.83. The first-order chi connectivity index (χ1) is 27.0. The summed E-state index contributed by atoms with van der Waals surface area (Å²) in [7, 11) is 0. The van der Waals surface area contributed by atoms with E-state index in [9.17, 15) is 0 Å². The van der Waals surface area contributed by atoms with Crippen molar-refractivity contribution in [1.29, 1.82) is 0 Å². The number of hydrogen-bond donors (Lipinski definition) is 0. The van der Waals surface area contributed by atoms with Gasteiger partial charge in [0.05, 0.1) is 11.2 Å². The zero-order chi connectivity index (χ0) is 37.2. The van der Waals surface area contributed by atoms with Gasteiger partial charge in [-0.25, -0.2) is 4.98 Å². The molecule has 0 unspecified atom stereocenters. The van der Waals surface area contributed by atoms with Gasteiger partial charge in [0.2, 0.25) is 0 Å². The topological polar surface area (TPSA) is 12.9 Å². The summed E-state index contributed by atoms with van der Waals surface area (Å²) in [6.07, 6.45) is 0. The zero-order valence-electron chi connectivity index (χ0n) is 31.2. The highest BCUT2D eigenvalue weighted by Gasteiger charge is 2.22. The Labute approximate surface area is 324 Å². The lowest BCUT2D eigenvalue weighted by Gasteiger charge is -2.26. The minimum absolute atomic E-state index is 0.0663. The first-order valence-corrected chi connectivity index (χ1v) is 19.0. The van der Waals surface area contributed by atoms with Crippen LogP contribution in [0.5, 0.6) is 0 Å². The highest BCUT2D eigenvalue weighted by molar-refractivity contribution is 5.97. The molecule has 1 nitrogen and oxygen atoms in total. The van der Waals surface area contributed by atoms with Crippen LogP contribution in [-0.4, -0.2) is 4.98 Å². The molecule has 0 atom stereocenters. The minimum Gasteiger partial charge on any atom is -0.248 e. The average Bonchev–Trinajstić information content (AvgIpc) is 3.27. The number of rotatable bonds is 8. The van der Waals surface area contributed by atoms with Crippen LogP contribution >= 0.6 is 0 Å². The molecule has 0 spiro atoms. The maximum Gasteiger partial charge on any atom is 0.0716 e. The van der Waals surface area contributed by atoms with Crippen LogP contribution in [0.4, 0.5) is 0 Å². The molecule has 1 heterocycles. The van der Waals surface area contributed by atoms with Gasteiger partial charge in [-0.3, -0.25) is 0 Å². The number of benzene rings is 8. The van der Waals surface area contributed by atoms with Crippen LogP contribution in [0, 0.1) is 0 Å². The third kappa shape index (κ3) is 6.89. The van der Waals surface area contributed by atoms with Crippen molar-refractivity contribution in [1.82, 2.24) is 4.98 Å². The van der Waals surface area contributed by atoms with Crippen molar-refractivity contribution in [3.8, 4) is 66.9 Å². The van der Waals surface area contributed by atoms with Crippen molar-refractivity contribution >= 4 is 10.9 Å². The van der Waals surface area contributed by atoms with Crippen LogP contribution in [0.3, 0.4) is 0 Å². The number of fused-ring (bicyclic) bond motifs is 1. The molecule has 8 aromatic carbocycles. The quantitative estimate of drug-likeness (QED) is 0.154. The molecule has 0 aliphatic heterocycles. The van der Waals surface area contributed by atoms with Crippen LogP contribution in [0.15, 0.2) is 212 Å². The van der Waals surface area contributed by atoms with Crippen molar-refractivity contribution in [3.05, 3.63) is 223 Å². The second-order valence-electron chi connectivity index (χ2n) is 14.8. The largest absolute Gasteiger partial charge is 0.248 e. The second-order valence-corrected chi connectivity index (χ2v) is 14.8. The van der Waals surface area contributed by atoms with Gasteiger partial charge in [-0.2, -0.15) is 0 Å². The van der Waals surface area contributed by atoms with Gasteiger partial charge in [0.1, 0.15) is 0 Å². The van der Waals surface area contributed by atoms with Gasteiger partial charge in [0, 0.05) is 16.4 Å². The van der Waals surface area contributed by atoms with E-state index in [0.717, 1.165) is 27.7 Å². The smallest absolute Gasteiger partial charge is 0.0716 e. The van der Waals surface area contributed by atoms with E-state index in [2.05, 4.69) is 226 Å². The number of aromatic nitrogens is 1. The van der Waals surface area contributed by atoms with E-state index in [1.165, 1.54) is 61.2 Å². The van der Waals surface area contributed by atoms with Crippen molar-refractivity contribution in [2.24, 2.45) is 0 Å². The lowest BCUT2D eigenvalue weighted by molar-refractivity contribution is 0.641. The summed E-state index contributed by atoms with van der Waals surface area (Å²) in [5.74, 6) is 0. The van der Waals surface area contributed by atoms with E-state index in [4.69, 9.17) is 4.98 Å². The first-order valence-electron chi connectivity index (χ1n) is 19.0. The molecule has 9 rings (SSSR count). The molecular weight excluding hydrogens is 663 g/mol. The number of nitrogens with zero attached hydrogens (tertiary/aromatic N) is 1. The predicted molar refractivity (Wildman–Crippen MR) is 233 cm³/mol. The number of para-hydroxylation sites is 1. The molecule has 0 amide bonds. The average molecular weight is 704 g/mol. The van der Waals surface area contributed by atoms with E-state index >= 15 is 0 Å². The summed E-state index contributed by atoms with van der Waals surface area (Å²) in [5.41, 5.74) is 17.6. The lowest BCUT2D eigenvalue weighted by Crippen LogP contribution is -2.18. The molecule has 55 heavy (non-hydrogen) atoms. The molecule has 1 heteroatoms. The van der Waals surface area contributed by atoms with Gasteiger partial charge in [-0.15, -0.1) is 0 Å². The van der Waals surface area contributed by atoms with Crippen molar-refractivity contribution in [2.75, 3.05) is 0 Å². The van der Waals surface area contributed by atoms with Gasteiger partial charge in [-0.05, 0) is 103 Å². The Morgan fingerprint density at radius 1 is 0.309 bits per heavy atom. The molecule has 0 fully saturated rings. The van der Waals surface area contributed by atoms with Crippen molar-refractivity contribution in [2.45, 2.75) is 19.3 Å². The fourth-order valence-electron chi connectivity index (χ4n) is 7.77. The molecular formula is C54H41N. The molecule has 0 bridgehead atoms. The summed E-state index contributed by atoms with van der Waals surface area (Å²) < 4.78 is 0. The third-order valence-corrected chi connectivity index (χ3v) is 11.0. The zero-order valence-corrected chi connectivity index (χ0v) is 31.2. The van der Waals surface area contributed by atoms with Gasteiger partial charge >= 0.3 is 0 Å². The van der Waals surface area contributed by atoms with E-state index in [0.29, 0.717) is 0 Å². The summed E-state index contributed by atoms with van der Waals surface area (Å²) >= 11 is 0. The Morgan fingerprint density at radius 3 is 1.25 bits per heavy atom. The second kappa shape index (κ2) is 14.5. The van der Waals surface area contributed by atoms with Crippen LogP contribution in [0.25, 0.3) is 77.8 Å². The number of hydrogen-bond acceptors (Lipinski definition) is 1. The van der Waals surface area contributed by atoms with Crippen LogP contribution < -0.4 is 0 Å². The third-order valence-electron chi connectivity index (χ3n) is 11.0.